The van der Waals surface area contributed by atoms with Crippen LogP contribution in [0.25, 0.3) is 0 Å². The quantitative estimate of drug-likeness (QED) is 0.813. The molecule has 2 saturated heterocycles. The molecule has 2 aliphatic heterocycles. The molecule has 0 saturated carbocycles. The lowest BCUT2D eigenvalue weighted by atomic mass is 9.88. The molecule has 1 atom stereocenters. The van der Waals surface area contributed by atoms with Crippen LogP contribution in [0, 0.1) is 0 Å². The summed E-state index contributed by atoms with van der Waals surface area (Å²) in [7, 11) is 1.98. The van der Waals surface area contributed by atoms with E-state index in [1.807, 2.05) is 17.9 Å². The highest BCUT2D eigenvalue weighted by atomic mass is 16.5. The van der Waals surface area contributed by atoms with Gasteiger partial charge in [-0.1, -0.05) is 30.3 Å². The van der Waals surface area contributed by atoms with Gasteiger partial charge in [0.25, 0.3) is 0 Å². The summed E-state index contributed by atoms with van der Waals surface area (Å²) in [5.41, 5.74) is 2.61. The van der Waals surface area contributed by atoms with Gasteiger partial charge in [-0.25, -0.2) is 0 Å². The fraction of sp³-hybridized carbons (Fsp3) is 0.591. The molecule has 0 bridgehead atoms. The van der Waals surface area contributed by atoms with Gasteiger partial charge in [-0.05, 0) is 37.8 Å². The zero-order chi connectivity index (χ0) is 18.7. The molecule has 3 heterocycles. The van der Waals surface area contributed by atoms with E-state index in [2.05, 4.69) is 58.2 Å². The second-order valence-electron chi connectivity index (χ2n) is 8.34. The van der Waals surface area contributed by atoms with Crippen molar-refractivity contribution in [1.29, 1.82) is 0 Å². The summed E-state index contributed by atoms with van der Waals surface area (Å²) < 4.78 is 8.39. The lowest BCUT2D eigenvalue weighted by Crippen LogP contribution is -2.58. The highest BCUT2D eigenvalue weighted by Gasteiger charge is 2.41. The van der Waals surface area contributed by atoms with Gasteiger partial charge in [-0.2, -0.15) is 5.10 Å². The van der Waals surface area contributed by atoms with E-state index in [0.717, 1.165) is 64.2 Å². The Morgan fingerprint density at radius 2 is 1.89 bits per heavy atom. The van der Waals surface area contributed by atoms with E-state index in [1.54, 1.807) is 0 Å². The molecule has 0 N–H and O–H groups in total. The summed E-state index contributed by atoms with van der Waals surface area (Å²) in [6.07, 6.45) is 5.71. The van der Waals surface area contributed by atoms with Gasteiger partial charge >= 0.3 is 0 Å². The summed E-state index contributed by atoms with van der Waals surface area (Å²) >= 11 is 0. The van der Waals surface area contributed by atoms with Crippen molar-refractivity contribution in [3.05, 3.63) is 53.9 Å². The molecule has 1 aromatic carbocycles. The van der Waals surface area contributed by atoms with Crippen LogP contribution in [0.15, 0.2) is 42.6 Å². The number of hydrogen-bond donors (Lipinski definition) is 0. The highest BCUT2D eigenvalue weighted by molar-refractivity contribution is 5.15. The third kappa shape index (κ3) is 4.78. The molecule has 146 valence electrons. The maximum Gasteiger partial charge on any atom is 0.0837 e. The molecule has 27 heavy (non-hydrogen) atoms. The Labute approximate surface area is 162 Å². The molecule has 5 heteroatoms. The van der Waals surface area contributed by atoms with E-state index in [-0.39, 0.29) is 5.60 Å². The first-order valence-electron chi connectivity index (χ1n) is 10.3. The van der Waals surface area contributed by atoms with E-state index >= 15 is 0 Å². The van der Waals surface area contributed by atoms with Crippen LogP contribution >= 0.6 is 0 Å². The number of morpholine rings is 1. The van der Waals surface area contributed by atoms with Crippen molar-refractivity contribution in [2.75, 3.05) is 32.7 Å². The number of ether oxygens (including phenoxy) is 1. The largest absolute Gasteiger partial charge is 0.369 e. The van der Waals surface area contributed by atoms with Gasteiger partial charge in [0.05, 0.1) is 17.4 Å². The summed E-state index contributed by atoms with van der Waals surface area (Å²) in [4.78, 5) is 5.14. The van der Waals surface area contributed by atoms with Crippen molar-refractivity contribution in [2.45, 2.75) is 44.4 Å². The van der Waals surface area contributed by atoms with Crippen LogP contribution in [0.1, 0.15) is 31.0 Å². The molecule has 0 radical (unpaired) electrons. The average molecular weight is 369 g/mol. The minimum atomic E-state index is 0.0235. The minimum absolute atomic E-state index is 0.0235. The predicted molar refractivity (Wildman–Crippen MR) is 108 cm³/mol. The van der Waals surface area contributed by atoms with Crippen LogP contribution in [0.5, 0.6) is 0 Å². The molecule has 2 fully saturated rings. The number of likely N-dealkylation sites (tertiary alicyclic amines) is 1. The topological polar surface area (TPSA) is 33.5 Å². The lowest BCUT2D eigenvalue weighted by molar-refractivity contribution is -0.171. The fourth-order valence-electron chi connectivity index (χ4n) is 4.63. The molecule has 0 amide bonds. The minimum Gasteiger partial charge on any atom is -0.369 e. The zero-order valence-corrected chi connectivity index (χ0v) is 16.7. The van der Waals surface area contributed by atoms with Gasteiger partial charge in [0.1, 0.15) is 0 Å². The Hall–Kier alpha value is -1.69. The van der Waals surface area contributed by atoms with Crippen LogP contribution in [-0.2, 0) is 24.8 Å². The van der Waals surface area contributed by atoms with E-state index in [1.165, 1.54) is 5.56 Å². The summed E-state index contributed by atoms with van der Waals surface area (Å²) in [6, 6.07) is 12.9. The Morgan fingerprint density at radius 1 is 1.11 bits per heavy atom. The van der Waals surface area contributed by atoms with Crippen molar-refractivity contribution in [3.8, 4) is 0 Å². The SMILES string of the molecule is CC1CN(Cc2ccn(C)n2)CC2(CCN(CCc3ccccc3)CC2)O1. The molecule has 1 spiro atoms. The number of hydrogen-bond acceptors (Lipinski definition) is 4. The predicted octanol–water partition coefficient (Wildman–Crippen LogP) is 2.72. The number of piperidine rings is 1. The smallest absolute Gasteiger partial charge is 0.0837 e. The second kappa shape index (κ2) is 8.13. The summed E-state index contributed by atoms with van der Waals surface area (Å²) in [6.45, 7) is 8.58. The van der Waals surface area contributed by atoms with Crippen molar-refractivity contribution in [3.63, 3.8) is 0 Å². The number of rotatable bonds is 5. The van der Waals surface area contributed by atoms with Crippen LogP contribution in [0.3, 0.4) is 0 Å². The van der Waals surface area contributed by atoms with Gasteiger partial charge < -0.3 is 9.64 Å². The first-order chi connectivity index (χ1) is 13.1. The average Bonchev–Trinajstić information content (AvgIpc) is 3.06. The Kier molecular flexibility index (Phi) is 5.62. The van der Waals surface area contributed by atoms with Crippen LogP contribution in [0.2, 0.25) is 0 Å². The monoisotopic (exact) mass is 368 g/mol. The van der Waals surface area contributed by atoms with Gasteiger partial charge in [-0.15, -0.1) is 0 Å². The Morgan fingerprint density at radius 3 is 2.59 bits per heavy atom. The Bertz CT molecular complexity index is 721. The van der Waals surface area contributed by atoms with E-state index < -0.39 is 0 Å². The number of aromatic nitrogens is 2. The molecule has 0 aliphatic carbocycles. The van der Waals surface area contributed by atoms with Crippen LogP contribution < -0.4 is 0 Å². The fourth-order valence-corrected chi connectivity index (χ4v) is 4.63. The van der Waals surface area contributed by atoms with E-state index in [4.69, 9.17) is 4.74 Å². The normalized spacial score (nSPS) is 23.7. The van der Waals surface area contributed by atoms with Crippen molar-refractivity contribution >= 4 is 0 Å². The zero-order valence-electron chi connectivity index (χ0n) is 16.7. The summed E-state index contributed by atoms with van der Waals surface area (Å²) in [5.74, 6) is 0. The van der Waals surface area contributed by atoms with Crippen LogP contribution in [-0.4, -0.2) is 64.0 Å². The maximum absolute atomic E-state index is 6.51. The third-order valence-corrected chi connectivity index (χ3v) is 5.96. The van der Waals surface area contributed by atoms with Crippen LogP contribution in [0.4, 0.5) is 0 Å². The molecule has 2 aromatic rings. The first-order valence-corrected chi connectivity index (χ1v) is 10.3. The molecule has 4 rings (SSSR count). The molecular formula is C22H32N4O. The third-order valence-electron chi connectivity index (χ3n) is 5.96. The lowest BCUT2D eigenvalue weighted by Gasteiger charge is -2.49. The number of aryl methyl sites for hydroxylation is 1. The molecule has 1 unspecified atom stereocenters. The van der Waals surface area contributed by atoms with E-state index in [9.17, 15) is 0 Å². The molecule has 2 aliphatic rings. The maximum atomic E-state index is 6.51. The Balaban J connectivity index is 1.30. The van der Waals surface area contributed by atoms with Gasteiger partial charge in [0.15, 0.2) is 0 Å². The van der Waals surface area contributed by atoms with Crippen molar-refractivity contribution in [2.24, 2.45) is 7.05 Å². The standard InChI is InChI=1S/C22H32N4O/c1-19-16-26(17-21-9-12-24(2)23-21)18-22(27-19)10-14-25(15-11-22)13-8-20-6-4-3-5-7-20/h3-7,9,12,19H,8,10-11,13-18H2,1-2H3. The molecule has 1 aromatic heterocycles. The van der Waals surface area contributed by atoms with Crippen molar-refractivity contribution in [1.82, 2.24) is 19.6 Å². The summed E-state index contributed by atoms with van der Waals surface area (Å²) in [5, 5.41) is 4.55. The van der Waals surface area contributed by atoms with Gasteiger partial charge in [0.2, 0.25) is 0 Å². The second-order valence-corrected chi connectivity index (χ2v) is 8.34. The highest BCUT2D eigenvalue weighted by Crippen LogP contribution is 2.33. The first kappa shape index (κ1) is 18.7. The molecule has 5 nitrogen and oxygen atoms in total. The van der Waals surface area contributed by atoms with Gasteiger partial charge in [-0.3, -0.25) is 9.58 Å². The van der Waals surface area contributed by atoms with Gasteiger partial charge in [0, 0.05) is 52.5 Å². The van der Waals surface area contributed by atoms with E-state index in [0.29, 0.717) is 6.10 Å². The molecular weight excluding hydrogens is 336 g/mol. The number of nitrogens with zero attached hydrogens (tertiary/aromatic N) is 4. The number of benzene rings is 1. The van der Waals surface area contributed by atoms with Crippen molar-refractivity contribution < 1.29 is 4.74 Å².